The first-order valence-corrected chi connectivity index (χ1v) is 8.92. The zero-order chi connectivity index (χ0) is 15.4. The summed E-state index contributed by atoms with van der Waals surface area (Å²) in [6.07, 6.45) is 1.16. The van der Waals surface area contributed by atoms with Crippen molar-refractivity contribution >= 4 is 21.6 Å². The van der Waals surface area contributed by atoms with Gasteiger partial charge >= 0.3 is 5.69 Å². The van der Waals surface area contributed by atoms with E-state index in [0.29, 0.717) is 17.7 Å². The molecule has 118 valence electrons. The second kappa shape index (κ2) is 7.50. The molecule has 3 atom stereocenters. The number of hydrogen-bond donors (Lipinski definition) is 3. The van der Waals surface area contributed by atoms with Crippen molar-refractivity contribution in [3.8, 4) is 0 Å². The Bertz CT molecular complexity index is 588. The van der Waals surface area contributed by atoms with Gasteiger partial charge < -0.3 is 14.9 Å². The van der Waals surface area contributed by atoms with Crippen LogP contribution in [0.3, 0.4) is 0 Å². The van der Waals surface area contributed by atoms with Gasteiger partial charge in [0.2, 0.25) is 0 Å². The van der Waals surface area contributed by atoms with Crippen LogP contribution in [0.25, 0.3) is 0 Å². The number of ether oxygens (including phenoxy) is 1. The molecule has 9 heteroatoms. The quantitative estimate of drug-likeness (QED) is 0.491. The number of hydrogen-bond acceptors (Lipinski definition) is 7. The van der Waals surface area contributed by atoms with E-state index in [2.05, 4.69) is 4.98 Å². The highest BCUT2D eigenvalue weighted by atomic mass is 33.1. The molecular formula is C12H18N2O5S2. The standard InChI is InChI=1S/C12H18N2O5S2/c1-7-5-14(12(18)13-11(7)17)10-4-9(8(6-16)19-10)21-20-3-2-15/h5,8-10,15-16H,2-4,6H2,1H3,(H,13,17,18)/t8-,9?,10?/m1/s1. The normalized spacial score (nSPS) is 25.4. The minimum Gasteiger partial charge on any atom is -0.395 e. The van der Waals surface area contributed by atoms with Crippen LogP contribution in [-0.2, 0) is 4.74 Å². The van der Waals surface area contributed by atoms with Gasteiger partial charge in [-0.1, -0.05) is 21.6 Å². The number of nitrogens with zero attached hydrogens (tertiary/aromatic N) is 1. The number of nitrogens with one attached hydrogen (secondary N) is 1. The third-order valence-corrected chi connectivity index (χ3v) is 6.06. The average Bonchev–Trinajstić information content (AvgIpc) is 2.86. The van der Waals surface area contributed by atoms with E-state index in [4.69, 9.17) is 9.84 Å². The molecule has 1 aliphatic heterocycles. The first-order chi connectivity index (χ1) is 10.1. The van der Waals surface area contributed by atoms with Crippen LogP contribution in [0.1, 0.15) is 18.2 Å². The van der Waals surface area contributed by atoms with Crippen LogP contribution in [0.2, 0.25) is 0 Å². The fourth-order valence-electron chi connectivity index (χ4n) is 2.11. The van der Waals surface area contributed by atoms with Crippen LogP contribution in [0, 0.1) is 6.92 Å². The minimum absolute atomic E-state index is 0.0238. The molecule has 0 radical (unpaired) electrons. The lowest BCUT2D eigenvalue weighted by molar-refractivity contribution is -0.0238. The van der Waals surface area contributed by atoms with Crippen molar-refractivity contribution in [1.82, 2.24) is 9.55 Å². The maximum atomic E-state index is 11.9. The van der Waals surface area contributed by atoms with Crippen LogP contribution in [0.5, 0.6) is 0 Å². The molecule has 2 unspecified atom stereocenters. The van der Waals surface area contributed by atoms with Gasteiger partial charge in [-0.2, -0.15) is 0 Å². The van der Waals surface area contributed by atoms with Crippen LogP contribution in [0.15, 0.2) is 15.8 Å². The van der Waals surface area contributed by atoms with Crippen molar-refractivity contribution in [1.29, 1.82) is 0 Å². The van der Waals surface area contributed by atoms with Gasteiger partial charge in [0.05, 0.1) is 19.3 Å². The molecule has 0 aliphatic carbocycles. The Morgan fingerprint density at radius 1 is 1.48 bits per heavy atom. The Hall–Kier alpha value is -0.740. The maximum absolute atomic E-state index is 11.9. The number of aromatic amines is 1. The molecule has 0 amide bonds. The van der Waals surface area contributed by atoms with Gasteiger partial charge in [-0.3, -0.25) is 14.3 Å². The van der Waals surface area contributed by atoms with E-state index in [-0.39, 0.29) is 24.6 Å². The van der Waals surface area contributed by atoms with Crippen LogP contribution < -0.4 is 11.2 Å². The zero-order valence-electron chi connectivity index (χ0n) is 11.5. The summed E-state index contributed by atoms with van der Waals surface area (Å²) in [5.74, 6) is 0.599. The predicted molar refractivity (Wildman–Crippen MR) is 82.6 cm³/mol. The molecule has 2 rings (SSSR count). The highest BCUT2D eigenvalue weighted by Crippen LogP contribution is 2.40. The largest absolute Gasteiger partial charge is 0.395 e. The van der Waals surface area contributed by atoms with E-state index in [0.717, 1.165) is 0 Å². The van der Waals surface area contributed by atoms with Crippen molar-refractivity contribution in [2.24, 2.45) is 0 Å². The first-order valence-electron chi connectivity index (χ1n) is 6.54. The lowest BCUT2D eigenvalue weighted by atomic mass is 10.2. The number of aromatic nitrogens is 2. The summed E-state index contributed by atoms with van der Waals surface area (Å²) in [6.45, 7) is 1.58. The highest BCUT2D eigenvalue weighted by Gasteiger charge is 2.36. The fraction of sp³-hybridized carbons (Fsp3) is 0.667. The second-order valence-electron chi connectivity index (χ2n) is 4.71. The molecule has 0 bridgehead atoms. The summed E-state index contributed by atoms with van der Waals surface area (Å²) in [6, 6.07) is 0. The van der Waals surface area contributed by atoms with Crippen LogP contribution in [0.4, 0.5) is 0 Å². The van der Waals surface area contributed by atoms with Gasteiger partial charge in [-0.05, 0) is 6.92 Å². The van der Waals surface area contributed by atoms with Gasteiger partial charge in [0.25, 0.3) is 5.56 Å². The highest BCUT2D eigenvalue weighted by molar-refractivity contribution is 8.77. The molecule has 1 aromatic rings. The van der Waals surface area contributed by atoms with E-state index in [1.54, 1.807) is 6.92 Å². The molecule has 0 aromatic carbocycles. The molecule has 1 aromatic heterocycles. The lowest BCUT2D eigenvalue weighted by Gasteiger charge is -2.15. The number of H-pyrrole nitrogens is 1. The fourth-order valence-corrected chi connectivity index (χ4v) is 4.62. The summed E-state index contributed by atoms with van der Waals surface area (Å²) in [7, 11) is 3.04. The molecule has 1 fully saturated rings. The van der Waals surface area contributed by atoms with Crippen molar-refractivity contribution in [2.45, 2.75) is 30.9 Å². The van der Waals surface area contributed by atoms with E-state index in [1.807, 2.05) is 0 Å². The zero-order valence-corrected chi connectivity index (χ0v) is 13.2. The van der Waals surface area contributed by atoms with Gasteiger partial charge in [-0.25, -0.2) is 4.79 Å². The number of aryl methyl sites for hydroxylation is 1. The molecule has 3 N–H and O–H groups in total. The number of aliphatic hydroxyl groups excluding tert-OH is 2. The van der Waals surface area contributed by atoms with Crippen molar-refractivity contribution < 1.29 is 14.9 Å². The molecule has 7 nitrogen and oxygen atoms in total. The number of aliphatic hydroxyl groups is 2. The smallest absolute Gasteiger partial charge is 0.330 e. The molecular weight excluding hydrogens is 316 g/mol. The molecule has 21 heavy (non-hydrogen) atoms. The summed E-state index contributed by atoms with van der Waals surface area (Å²) in [5.41, 5.74) is -0.483. The topological polar surface area (TPSA) is 105 Å². The van der Waals surface area contributed by atoms with Crippen molar-refractivity contribution in [3.63, 3.8) is 0 Å². The Morgan fingerprint density at radius 2 is 2.24 bits per heavy atom. The third kappa shape index (κ3) is 3.92. The van der Waals surface area contributed by atoms with Gasteiger partial charge in [0, 0.05) is 29.2 Å². The van der Waals surface area contributed by atoms with Crippen LogP contribution >= 0.6 is 21.6 Å². The van der Waals surface area contributed by atoms with Gasteiger partial charge in [-0.15, -0.1) is 0 Å². The second-order valence-corrected chi connectivity index (χ2v) is 7.43. The Balaban J connectivity index is 2.13. The summed E-state index contributed by atoms with van der Waals surface area (Å²) in [5, 5.41) is 18.2. The minimum atomic E-state index is -0.513. The van der Waals surface area contributed by atoms with Crippen molar-refractivity contribution in [2.75, 3.05) is 19.0 Å². The molecule has 1 aliphatic rings. The van der Waals surface area contributed by atoms with E-state index < -0.39 is 17.5 Å². The molecule has 0 spiro atoms. The van der Waals surface area contributed by atoms with Crippen LogP contribution in [-0.4, -0.2) is 50.1 Å². The Kier molecular flexibility index (Phi) is 5.94. The molecule has 1 saturated heterocycles. The summed E-state index contributed by atoms with van der Waals surface area (Å²) >= 11 is 0. The molecule has 0 saturated carbocycles. The SMILES string of the molecule is Cc1cn(C2CC(SSCCO)[C@@H](CO)O2)c(=O)[nH]c1=O. The Labute approximate surface area is 129 Å². The maximum Gasteiger partial charge on any atom is 0.330 e. The predicted octanol–water partition coefficient (Wildman–Crippen LogP) is -0.133. The summed E-state index contributed by atoms with van der Waals surface area (Å²) in [4.78, 5) is 25.5. The van der Waals surface area contributed by atoms with Gasteiger partial charge in [0.1, 0.15) is 6.23 Å². The number of rotatable bonds is 6. The van der Waals surface area contributed by atoms with Crippen molar-refractivity contribution in [3.05, 3.63) is 32.6 Å². The van der Waals surface area contributed by atoms with Gasteiger partial charge in [0.15, 0.2) is 0 Å². The third-order valence-electron chi connectivity index (χ3n) is 3.18. The monoisotopic (exact) mass is 334 g/mol. The summed E-state index contributed by atoms with van der Waals surface area (Å²) < 4.78 is 7.07. The lowest BCUT2D eigenvalue weighted by Crippen LogP contribution is -2.33. The van der Waals surface area contributed by atoms with E-state index in [1.165, 1.54) is 32.4 Å². The first kappa shape index (κ1) is 16.6. The van der Waals surface area contributed by atoms with E-state index in [9.17, 15) is 14.7 Å². The van der Waals surface area contributed by atoms with E-state index >= 15 is 0 Å². The average molecular weight is 334 g/mol. The Morgan fingerprint density at radius 3 is 2.90 bits per heavy atom. The molecule has 2 heterocycles.